The smallest absolute Gasteiger partial charge is 0.335 e. The minimum Gasteiger partial charge on any atom is -0.436 e. The van der Waals surface area contributed by atoms with E-state index in [1.54, 1.807) is 0 Å². The number of hydrogen-bond acceptors (Lipinski definition) is 3. The van der Waals surface area contributed by atoms with E-state index in [2.05, 4.69) is 33.9 Å². The van der Waals surface area contributed by atoms with Crippen LogP contribution in [0.2, 0.25) is 12.6 Å². The average molecular weight is 243 g/mol. The fourth-order valence-electron chi connectivity index (χ4n) is 1.23. The van der Waals surface area contributed by atoms with E-state index in [4.69, 9.17) is 9.16 Å². The summed E-state index contributed by atoms with van der Waals surface area (Å²) in [5.74, 6) is -0.354. The van der Waals surface area contributed by atoms with Crippen LogP contribution in [0.15, 0.2) is 12.2 Å². The largest absolute Gasteiger partial charge is 0.436 e. The van der Waals surface area contributed by atoms with E-state index in [9.17, 15) is 4.79 Å². The molecule has 0 aliphatic heterocycles. The summed E-state index contributed by atoms with van der Waals surface area (Å²) >= 11 is 0. The molecule has 0 unspecified atom stereocenters. The van der Waals surface area contributed by atoms with E-state index in [-0.39, 0.29) is 18.2 Å². The SMILES string of the molecule is C=C(CC)C(=O)OCO[Si](C)CC(C)(C)C. The molecular weight excluding hydrogens is 220 g/mol. The van der Waals surface area contributed by atoms with Crippen molar-refractivity contribution in [3.63, 3.8) is 0 Å². The molecule has 0 saturated carbocycles. The van der Waals surface area contributed by atoms with Gasteiger partial charge in [-0.15, -0.1) is 0 Å². The quantitative estimate of drug-likeness (QED) is 0.311. The molecule has 0 bridgehead atoms. The summed E-state index contributed by atoms with van der Waals surface area (Å²) in [4.78, 5) is 11.3. The zero-order valence-electron chi connectivity index (χ0n) is 11.1. The van der Waals surface area contributed by atoms with Gasteiger partial charge in [0, 0.05) is 5.57 Å². The highest BCUT2D eigenvalue weighted by atomic mass is 28.3. The zero-order chi connectivity index (χ0) is 12.8. The third-order valence-corrected chi connectivity index (χ3v) is 4.16. The molecule has 0 aliphatic rings. The second-order valence-corrected chi connectivity index (χ2v) is 7.14. The van der Waals surface area contributed by atoms with Crippen LogP contribution in [0.4, 0.5) is 0 Å². The Morgan fingerprint density at radius 3 is 2.38 bits per heavy atom. The molecule has 0 aliphatic carbocycles. The van der Waals surface area contributed by atoms with Crippen LogP contribution in [0.1, 0.15) is 34.1 Å². The molecule has 0 N–H and O–H groups in total. The summed E-state index contributed by atoms with van der Waals surface area (Å²) in [6, 6.07) is 1.03. The van der Waals surface area contributed by atoms with Crippen LogP contribution >= 0.6 is 0 Å². The fraction of sp³-hybridized carbons (Fsp3) is 0.750. The molecule has 93 valence electrons. The van der Waals surface area contributed by atoms with Crippen molar-refractivity contribution < 1.29 is 14.0 Å². The molecule has 16 heavy (non-hydrogen) atoms. The molecule has 0 atom stereocenters. The van der Waals surface area contributed by atoms with Crippen LogP contribution in [0.25, 0.3) is 0 Å². The second-order valence-electron chi connectivity index (χ2n) is 5.09. The lowest BCUT2D eigenvalue weighted by molar-refractivity contribution is -0.145. The molecule has 4 heteroatoms. The lowest BCUT2D eigenvalue weighted by Crippen LogP contribution is -2.23. The molecule has 0 fully saturated rings. The molecule has 0 aromatic rings. The van der Waals surface area contributed by atoms with Crippen LogP contribution in [0.3, 0.4) is 0 Å². The summed E-state index contributed by atoms with van der Waals surface area (Å²) in [5.41, 5.74) is 0.754. The van der Waals surface area contributed by atoms with Gasteiger partial charge in [-0.2, -0.15) is 0 Å². The topological polar surface area (TPSA) is 35.5 Å². The molecule has 0 heterocycles. The van der Waals surface area contributed by atoms with Gasteiger partial charge in [0.25, 0.3) is 0 Å². The minimum atomic E-state index is -0.881. The van der Waals surface area contributed by atoms with Gasteiger partial charge in [-0.05, 0) is 24.4 Å². The summed E-state index contributed by atoms with van der Waals surface area (Å²) in [6.07, 6.45) is 0.616. The Labute approximate surface area is 101 Å². The number of carbonyl (C=O) groups excluding carboxylic acids is 1. The van der Waals surface area contributed by atoms with E-state index >= 15 is 0 Å². The van der Waals surface area contributed by atoms with Crippen LogP contribution < -0.4 is 0 Å². The maximum atomic E-state index is 11.3. The first-order valence-electron chi connectivity index (χ1n) is 5.56. The maximum Gasteiger partial charge on any atom is 0.335 e. The van der Waals surface area contributed by atoms with E-state index in [0.717, 1.165) is 6.04 Å². The Bertz CT molecular complexity index is 243. The average Bonchev–Trinajstić information content (AvgIpc) is 2.13. The highest BCUT2D eigenvalue weighted by Gasteiger charge is 2.18. The third-order valence-electron chi connectivity index (χ3n) is 1.99. The van der Waals surface area contributed by atoms with Crippen LogP contribution in [0.5, 0.6) is 0 Å². The monoisotopic (exact) mass is 243 g/mol. The second kappa shape index (κ2) is 6.86. The van der Waals surface area contributed by atoms with Gasteiger partial charge in [0.2, 0.25) is 9.04 Å². The Balaban J connectivity index is 3.74. The van der Waals surface area contributed by atoms with Gasteiger partial charge < -0.3 is 9.16 Å². The van der Waals surface area contributed by atoms with E-state index in [0.29, 0.717) is 12.0 Å². The number of rotatable bonds is 6. The number of hydrogen-bond donors (Lipinski definition) is 0. The summed E-state index contributed by atoms with van der Waals surface area (Å²) in [7, 11) is -0.881. The summed E-state index contributed by atoms with van der Waals surface area (Å²) in [6.45, 7) is 14.1. The Kier molecular flexibility index (Phi) is 6.60. The van der Waals surface area contributed by atoms with Crippen molar-refractivity contribution >= 4 is 15.0 Å². The lowest BCUT2D eigenvalue weighted by Gasteiger charge is -2.21. The lowest BCUT2D eigenvalue weighted by atomic mass is 10.0. The Hall–Kier alpha value is -0.613. The highest BCUT2D eigenvalue weighted by molar-refractivity contribution is 6.50. The fourth-order valence-corrected chi connectivity index (χ4v) is 3.08. The standard InChI is InChI=1S/C12H23O3Si/c1-7-10(2)11(13)14-9-15-16(6)8-12(3,4)5/h2,7-9H2,1,3-6H3. The van der Waals surface area contributed by atoms with Crippen LogP contribution in [-0.2, 0) is 14.0 Å². The van der Waals surface area contributed by atoms with Crippen molar-refractivity contribution in [3.05, 3.63) is 12.2 Å². The molecular formula is C12H23O3Si. The molecule has 0 amide bonds. The molecule has 0 saturated heterocycles. The molecule has 0 rings (SSSR count). The van der Waals surface area contributed by atoms with Crippen LogP contribution in [-0.4, -0.2) is 21.8 Å². The van der Waals surface area contributed by atoms with E-state index in [1.807, 2.05) is 6.92 Å². The molecule has 1 radical (unpaired) electrons. The first kappa shape index (κ1) is 15.4. The normalized spacial score (nSPS) is 11.6. The maximum absolute atomic E-state index is 11.3. The van der Waals surface area contributed by atoms with Crippen LogP contribution in [0, 0.1) is 5.41 Å². The Morgan fingerprint density at radius 2 is 1.94 bits per heavy atom. The van der Waals surface area contributed by atoms with Gasteiger partial charge in [-0.3, -0.25) is 0 Å². The molecule has 3 nitrogen and oxygen atoms in total. The summed E-state index contributed by atoms with van der Waals surface area (Å²) < 4.78 is 10.4. The van der Waals surface area contributed by atoms with Gasteiger partial charge in [0.05, 0.1) is 0 Å². The van der Waals surface area contributed by atoms with Crippen molar-refractivity contribution in [1.82, 2.24) is 0 Å². The molecule has 0 spiro atoms. The third kappa shape index (κ3) is 7.65. The molecule has 0 aromatic carbocycles. The van der Waals surface area contributed by atoms with Gasteiger partial charge in [-0.1, -0.05) is 34.3 Å². The van der Waals surface area contributed by atoms with Crippen molar-refractivity contribution in [1.29, 1.82) is 0 Å². The van der Waals surface area contributed by atoms with E-state index in [1.165, 1.54) is 0 Å². The van der Waals surface area contributed by atoms with Crippen molar-refractivity contribution in [2.45, 2.75) is 46.7 Å². The van der Waals surface area contributed by atoms with Crippen molar-refractivity contribution in [2.24, 2.45) is 5.41 Å². The molecule has 0 aromatic heterocycles. The highest BCUT2D eigenvalue weighted by Crippen LogP contribution is 2.21. The first-order chi connectivity index (χ1) is 7.26. The number of carbonyl (C=O) groups is 1. The van der Waals surface area contributed by atoms with E-state index < -0.39 is 9.04 Å². The Morgan fingerprint density at radius 1 is 1.38 bits per heavy atom. The van der Waals surface area contributed by atoms with Gasteiger partial charge >= 0.3 is 5.97 Å². The number of ether oxygens (including phenoxy) is 1. The van der Waals surface area contributed by atoms with Crippen molar-refractivity contribution in [2.75, 3.05) is 6.79 Å². The van der Waals surface area contributed by atoms with Crippen molar-refractivity contribution in [3.8, 4) is 0 Å². The van der Waals surface area contributed by atoms with Gasteiger partial charge in [0.15, 0.2) is 6.79 Å². The zero-order valence-corrected chi connectivity index (χ0v) is 12.1. The summed E-state index contributed by atoms with van der Waals surface area (Å²) in [5, 5.41) is 0. The van der Waals surface area contributed by atoms with Gasteiger partial charge in [-0.25, -0.2) is 4.79 Å². The first-order valence-corrected chi connectivity index (χ1v) is 7.68. The predicted molar refractivity (Wildman–Crippen MR) is 67.4 cm³/mol. The minimum absolute atomic E-state index is 0.0543. The number of esters is 1. The predicted octanol–water partition coefficient (Wildman–Crippen LogP) is 3.14. The van der Waals surface area contributed by atoms with Gasteiger partial charge in [0.1, 0.15) is 0 Å².